The van der Waals surface area contributed by atoms with E-state index >= 15 is 0 Å². The van der Waals surface area contributed by atoms with E-state index in [9.17, 15) is 0 Å². The fourth-order valence-corrected chi connectivity index (χ4v) is 5.21. The molecular weight excluding hydrogens is 438 g/mol. The van der Waals surface area contributed by atoms with Crippen molar-refractivity contribution in [3.8, 4) is 21.8 Å². The summed E-state index contributed by atoms with van der Waals surface area (Å²) in [6.45, 7) is 6.25. The van der Waals surface area contributed by atoms with E-state index in [1.54, 1.807) is 23.7 Å². The fraction of sp³-hybridized carbons (Fsp3) is 0.348. The van der Waals surface area contributed by atoms with Crippen LogP contribution >= 0.6 is 11.3 Å². The molecule has 0 radical (unpaired) electrons. The van der Waals surface area contributed by atoms with Gasteiger partial charge in [0.25, 0.3) is 0 Å². The molecule has 2 aliphatic rings. The van der Waals surface area contributed by atoms with Gasteiger partial charge in [0, 0.05) is 55.2 Å². The standard InChI is InChI=1S/C23H23N7O2S/c1-2-20(29-3-7-31-8-4-29)26-14-16(1)19-11-18-21(33-19)23(30-5-9-32-10-6-30)28-22(27-18)17-12-24-15-25-13-17/h1-2,11-15H,3-10H2. The first kappa shape index (κ1) is 20.4. The van der Waals surface area contributed by atoms with E-state index in [1.807, 2.05) is 6.20 Å². The van der Waals surface area contributed by atoms with E-state index in [1.165, 1.54) is 6.33 Å². The fourth-order valence-electron chi connectivity index (χ4n) is 4.10. The number of ether oxygens (including phenoxy) is 2. The maximum atomic E-state index is 5.56. The Balaban J connectivity index is 1.40. The molecule has 0 saturated carbocycles. The van der Waals surface area contributed by atoms with Crippen LogP contribution in [0.15, 0.2) is 43.1 Å². The van der Waals surface area contributed by atoms with Gasteiger partial charge in [0.15, 0.2) is 11.6 Å². The second-order valence-corrected chi connectivity index (χ2v) is 8.98. The number of aromatic nitrogens is 5. The molecule has 0 aliphatic carbocycles. The van der Waals surface area contributed by atoms with Crippen LogP contribution in [-0.2, 0) is 9.47 Å². The molecule has 4 aromatic rings. The first-order valence-electron chi connectivity index (χ1n) is 11.0. The Bertz CT molecular complexity index is 1240. The summed E-state index contributed by atoms with van der Waals surface area (Å²) in [5.41, 5.74) is 2.80. The number of nitrogens with zero attached hydrogens (tertiary/aromatic N) is 7. The van der Waals surface area contributed by atoms with E-state index < -0.39 is 0 Å². The molecule has 0 aromatic carbocycles. The Kier molecular flexibility index (Phi) is 5.54. The third kappa shape index (κ3) is 4.12. The largest absolute Gasteiger partial charge is 0.378 e. The number of morpholine rings is 2. The highest BCUT2D eigenvalue weighted by molar-refractivity contribution is 7.22. The van der Waals surface area contributed by atoms with Gasteiger partial charge in [-0.3, -0.25) is 0 Å². The van der Waals surface area contributed by atoms with Crippen molar-refractivity contribution in [3.63, 3.8) is 0 Å². The van der Waals surface area contributed by atoms with Crippen molar-refractivity contribution >= 4 is 33.2 Å². The van der Waals surface area contributed by atoms with Crippen molar-refractivity contribution in [3.05, 3.63) is 43.1 Å². The minimum absolute atomic E-state index is 0.634. The van der Waals surface area contributed by atoms with Crippen molar-refractivity contribution in [1.29, 1.82) is 0 Å². The molecule has 6 rings (SSSR count). The van der Waals surface area contributed by atoms with Crippen molar-refractivity contribution in [1.82, 2.24) is 24.9 Å². The van der Waals surface area contributed by atoms with Gasteiger partial charge >= 0.3 is 0 Å². The molecule has 4 aromatic heterocycles. The number of hydrogen-bond donors (Lipinski definition) is 0. The lowest BCUT2D eigenvalue weighted by Gasteiger charge is -2.28. The van der Waals surface area contributed by atoms with Crippen molar-refractivity contribution < 1.29 is 9.47 Å². The Morgan fingerprint density at radius 1 is 0.788 bits per heavy atom. The molecule has 0 unspecified atom stereocenters. The summed E-state index contributed by atoms with van der Waals surface area (Å²) in [4.78, 5) is 28.5. The molecule has 0 atom stereocenters. The van der Waals surface area contributed by atoms with Crippen molar-refractivity contribution in [2.24, 2.45) is 0 Å². The lowest BCUT2D eigenvalue weighted by atomic mass is 10.2. The highest BCUT2D eigenvalue weighted by atomic mass is 32.1. The van der Waals surface area contributed by atoms with Crippen LogP contribution in [0.2, 0.25) is 0 Å². The summed E-state index contributed by atoms with van der Waals surface area (Å²) >= 11 is 1.70. The molecule has 10 heteroatoms. The van der Waals surface area contributed by atoms with Gasteiger partial charge in [-0.2, -0.15) is 0 Å². The maximum absolute atomic E-state index is 5.56. The molecule has 9 nitrogen and oxygen atoms in total. The zero-order chi connectivity index (χ0) is 22.0. The van der Waals surface area contributed by atoms with E-state index in [-0.39, 0.29) is 0 Å². The Labute approximate surface area is 195 Å². The van der Waals surface area contributed by atoms with E-state index in [4.69, 9.17) is 24.4 Å². The van der Waals surface area contributed by atoms with Crippen LogP contribution in [0.1, 0.15) is 0 Å². The zero-order valence-corrected chi connectivity index (χ0v) is 18.9. The number of fused-ring (bicyclic) bond motifs is 1. The lowest BCUT2D eigenvalue weighted by molar-refractivity contribution is 0.122. The second-order valence-electron chi connectivity index (χ2n) is 7.93. The van der Waals surface area contributed by atoms with Crippen LogP contribution in [0.4, 0.5) is 11.6 Å². The van der Waals surface area contributed by atoms with Gasteiger partial charge in [0.2, 0.25) is 0 Å². The molecule has 6 heterocycles. The third-order valence-corrected chi connectivity index (χ3v) is 7.02. The minimum Gasteiger partial charge on any atom is -0.378 e. The number of rotatable bonds is 4. The van der Waals surface area contributed by atoms with Crippen molar-refractivity contribution in [2.45, 2.75) is 0 Å². The monoisotopic (exact) mass is 461 g/mol. The van der Waals surface area contributed by atoms with Crippen LogP contribution in [0.3, 0.4) is 0 Å². The van der Waals surface area contributed by atoms with Crippen LogP contribution < -0.4 is 9.80 Å². The van der Waals surface area contributed by atoms with Gasteiger partial charge < -0.3 is 19.3 Å². The SMILES string of the molecule is c1ncc(-c2nc(N3CCOCC3)c3sc(-c4ccc(N5CCOCC5)nc4)cc3n2)cn1. The first-order chi connectivity index (χ1) is 16.3. The summed E-state index contributed by atoms with van der Waals surface area (Å²) in [6, 6.07) is 6.35. The molecule has 0 spiro atoms. The molecular formula is C23H23N7O2S. The van der Waals surface area contributed by atoms with Crippen LogP contribution in [0.25, 0.3) is 32.0 Å². The van der Waals surface area contributed by atoms with E-state index in [0.717, 1.165) is 77.2 Å². The molecule has 2 saturated heterocycles. The first-order valence-corrected chi connectivity index (χ1v) is 11.9. The summed E-state index contributed by atoms with van der Waals surface area (Å²) in [5, 5.41) is 0. The van der Waals surface area contributed by atoms with E-state index in [0.29, 0.717) is 19.0 Å². The third-order valence-electron chi connectivity index (χ3n) is 5.85. The minimum atomic E-state index is 0.634. The Morgan fingerprint density at radius 3 is 2.21 bits per heavy atom. The lowest BCUT2D eigenvalue weighted by Crippen LogP contribution is -2.36. The molecule has 2 fully saturated rings. The van der Waals surface area contributed by atoms with E-state index in [2.05, 4.69) is 38.0 Å². The topological polar surface area (TPSA) is 89.4 Å². The molecule has 168 valence electrons. The molecule has 0 bridgehead atoms. The predicted octanol–water partition coefficient (Wildman–Crippen LogP) is 2.88. The highest BCUT2D eigenvalue weighted by Crippen LogP contribution is 2.38. The second kappa shape index (κ2) is 8.97. The molecule has 33 heavy (non-hydrogen) atoms. The Morgan fingerprint density at radius 2 is 1.52 bits per heavy atom. The smallest absolute Gasteiger partial charge is 0.165 e. The Hall–Kier alpha value is -3.21. The summed E-state index contributed by atoms with van der Waals surface area (Å²) in [5.74, 6) is 2.56. The molecule has 0 N–H and O–H groups in total. The van der Waals surface area contributed by atoms with Gasteiger partial charge in [-0.05, 0) is 18.2 Å². The summed E-state index contributed by atoms with van der Waals surface area (Å²) < 4.78 is 12.1. The summed E-state index contributed by atoms with van der Waals surface area (Å²) in [6.07, 6.45) is 6.96. The van der Waals surface area contributed by atoms with Crippen LogP contribution in [-0.4, -0.2) is 77.5 Å². The average molecular weight is 462 g/mol. The highest BCUT2D eigenvalue weighted by Gasteiger charge is 2.21. The van der Waals surface area contributed by atoms with Crippen LogP contribution in [0.5, 0.6) is 0 Å². The quantitative estimate of drug-likeness (QED) is 0.455. The van der Waals surface area contributed by atoms with Gasteiger partial charge in [-0.1, -0.05) is 0 Å². The van der Waals surface area contributed by atoms with Gasteiger partial charge in [-0.15, -0.1) is 11.3 Å². The number of hydrogen-bond acceptors (Lipinski definition) is 10. The summed E-state index contributed by atoms with van der Waals surface area (Å²) in [7, 11) is 0. The van der Waals surface area contributed by atoms with Gasteiger partial charge in [0.1, 0.15) is 12.1 Å². The molecule has 2 aliphatic heterocycles. The van der Waals surface area contributed by atoms with Crippen molar-refractivity contribution in [2.75, 3.05) is 62.4 Å². The van der Waals surface area contributed by atoms with Crippen LogP contribution in [0, 0.1) is 0 Å². The zero-order valence-electron chi connectivity index (χ0n) is 18.1. The van der Waals surface area contributed by atoms with Gasteiger partial charge in [-0.25, -0.2) is 24.9 Å². The predicted molar refractivity (Wildman–Crippen MR) is 128 cm³/mol. The molecule has 0 amide bonds. The number of anilines is 2. The maximum Gasteiger partial charge on any atom is 0.165 e. The number of pyridine rings is 1. The average Bonchev–Trinajstić information content (AvgIpc) is 3.34. The van der Waals surface area contributed by atoms with Gasteiger partial charge in [0.05, 0.1) is 42.2 Å². The number of thiophene rings is 1. The normalized spacial score (nSPS) is 17.0.